The van der Waals surface area contributed by atoms with E-state index < -0.39 is 0 Å². The van der Waals surface area contributed by atoms with Gasteiger partial charge in [0.25, 0.3) is 0 Å². The van der Waals surface area contributed by atoms with Crippen LogP contribution in [0.2, 0.25) is 0 Å². The molecule has 0 aromatic heterocycles. The molecule has 0 aromatic rings. The number of likely N-dealkylation sites (N-methyl/N-ethyl adjacent to an activating group) is 1. The van der Waals surface area contributed by atoms with Crippen molar-refractivity contribution in [1.82, 2.24) is 9.96 Å². The number of hydrogen-bond acceptors (Lipinski definition) is 3. The molecule has 1 rings (SSSR count). The van der Waals surface area contributed by atoms with Crippen molar-refractivity contribution in [2.75, 3.05) is 20.1 Å². The Morgan fingerprint density at radius 1 is 1.00 bits per heavy atom. The summed E-state index contributed by atoms with van der Waals surface area (Å²) in [5.41, 5.74) is 0.104. The Kier molecular flexibility index (Phi) is 2.23. The van der Waals surface area contributed by atoms with E-state index in [4.69, 9.17) is 0 Å². The van der Waals surface area contributed by atoms with Crippen molar-refractivity contribution in [2.45, 2.75) is 38.8 Å². The summed E-state index contributed by atoms with van der Waals surface area (Å²) >= 11 is 0. The minimum Gasteiger partial charge on any atom is -0.314 e. The average molecular weight is 172 g/mol. The molecule has 1 saturated heterocycles. The maximum absolute atomic E-state index is 9.50. The molecule has 3 nitrogen and oxygen atoms in total. The molecule has 12 heavy (non-hydrogen) atoms. The minimum absolute atomic E-state index is 0.0521. The lowest BCUT2D eigenvalue weighted by molar-refractivity contribution is -0.186. The fourth-order valence-corrected chi connectivity index (χ4v) is 1.98. The summed E-state index contributed by atoms with van der Waals surface area (Å²) in [6, 6.07) is 0. The summed E-state index contributed by atoms with van der Waals surface area (Å²) in [6.45, 7) is 10.0. The van der Waals surface area contributed by atoms with Crippen LogP contribution in [0.25, 0.3) is 0 Å². The molecule has 0 aromatic carbocycles. The molecule has 3 heteroatoms. The van der Waals surface area contributed by atoms with Gasteiger partial charge in [0.15, 0.2) is 0 Å². The van der Waals surface area contributed by atoms with Gasteiger partial charge < -0.3 is 5.21 Å². The van der Waals surface area contributed by atoms with Gasteiger partial charge in [0.2, 0.25) is 0 Å². The molecule has 0 spiro atoms. The van der Waals surface area contributed by atoms with E-state index in [-0.39, 0.29) is 11.1 Å². The Balaban J connectivity index is 2.84. The third-order valence-corrected chi connectivity index (χ3v) is 2.95. The predicted octanol–water partition coefficient (Wildman–Crippen LogP) is 1.18. The highest BCUT2D eigenvalue weighted by Gasteiger charge is 2.41. The van der Waals surface area contributed by atoms with E-state index in [0.717, 1.165) is 0 Å². The lowest BCUT2D eigenvalue weighted by Gasteiger charge is -2.53. The van der Waals surface area contributed by atoms with Crippen molar-refractivity contribution in [2.24, 2.45) is 0 Å². The zero-order chi connectivity index (χ0) is 9.57. The molecule has 0 amide bonds. The number of hydroxylamine groups is 2. The third kappa shape index (κ3) is 1.63. The molecule has 0 bridgehead atoms. The second-order valence-electron chi connectivity index (χ2n) is 5.01. The van der Waals surface area contributed by atoms with Crippen LogP contribution in [0.1, 0.15) is 27.7 Å². The summed E-state index contributed by atoms with van der Waals surface area (Å²) in [5, 5.41) is 10.9. The Morgan fingerprint density at radius 2 is 1.33 bits per heavy atom. The quantitative estimate of drug-likeness (QED) is 0.594. The Labute approximate surface area is 74.9 Å². The highest BCUT2D eigenvalue weighted by Crippen LogP contribution is 2.29. The number of piperazine rings is 1. The van der Waals surface area contributed by atoms with Gasteiger partial charge >= 0.3 is 0 Å². The topological polar surface area (TPSA) is 26.7 Å². The first-order valence-corrected chi connectivity index (χ1v) is 4.43. The molecule has 1 fully saturated rings. The van der Waals surface area contributed by atoms with Crippen LogP contribution in [0.5, 0.6) is 0 Å². The van der Waals surface area contributed by atoms with E-state index in [1.165, 1.54) is 5.06 Å². The minimum atomic E-state index is 0.0521. The van der Waals surface area contributed by atoms with Crippen molar-refractivity contribution in [1.29, 1.82) is 0 Å². The average Bonchev–Trinajstić information content (AvgIpc) is 1.80. The Hall–Kier alpha value is -0.120. The summed E-state index contributed by atoms with van der Waals surface area (Å²) in [4.78, 5) is 2.33. The second-order valence-corrected chi connectivity index (χ2v) is 5.01. The first-order chi connectivity index (χ1) is 5.26. The number of rotatable bonds is 0. The molecule has 72 valence electrons. The van der Waals surface area contributed by atoms with Crippen molar-refractivity contribution < 1.29 is 5.21 Å². The van der Waals surface area contributed by atoms with E-state index in [9.17, 15) is 5.21 Å². The fraction of sp³-hybridized carbons (Fsp3) is 1.00. The van der Waals surface area contributed by atoms with E-state index in [1.807, 2.05) is 0 Å². The Bertz CT molecular complexity index is 159. The standard InChI is InChI=1S/C9H20N2O/c1-8(2)6-11(12)7-9(3,4)10(8)5/h12H,6-7H2,1-5H3. The van der Waals surface area contributed by atoms with Gasteiger partial charge in [-0.2, -0.15) is 5.06 Å². The van der Waals surface area contributed by atoms with Gasteiger partial charge in [-0.15, -0.1) is 0 Å². The van der Waals surface area contributed by atoms with E-state index >= 15 is 0 Å². The predicted molar refractivity (Wildman–Crippen MR) is 49.3 cm³/mol. The van der Waals surface area contributed by atoms with Gasteiger partial charge in [-0.3, -0.25) is 4.90 Å². The van der Waals surface area contributed by atoms with Crippen LogP contribution in [0, 0.1) is 0 Å². The van der Waals surface area contributed by atoms with E-state index in [1.54, 1.807) is 0 Å². The first-order valence-electron chi connectivity index (χ1n) is 4.43. The molecule has 0 atom stereocenters. The summed E-state index contributed by atoms with van der Waals surface area (Å²) in [5.74, 6) is 0. The molecule has 0 saturated carbocycles. The maximum atomic E-state index is 9.50. The zero-order valence-electron chi connectivity index (χ0n) is 8.76. The lowest BCUT2D eigenvalue weighted by Crippen LogP contribution is -2.66. The summed E-state index contributed by atoms with van der Waals surface area (Å²) in [7, 11) is 2.12. The van der Waals surface area contributed by atoms with Crippen LogP contribution in [0.3, 0.4) is 0 Å². The molecule has 1 aliphatic rings. The van der Waals surface area contributed by atoms with Crippen molar-refractivity contribution in [3.05, 3.63) is 0 Å². The van der Waals surface area contributed by atoms with Gasteiger partial charge in [0.1, 0.15) is 0 Å². The largest absolute Gasteiger partial charge is 0.314 e. The van der Waals surface area contributed by atoms with Crippen molar-refractivity contribution in [3.63, 3.8) is 0 Å². The smallest absolute Gasteiger partial charge is 0.0418 e. The van der Waals surface area contributed by atoms with Gasteiger partial charge in [-0.05, 0) is 34.7 Å². The highest BCUT2D eigenvalue weighted by atomic mass is 16.5. The second kappa shape index (κ2) is 2.69. The fourth-order valence-electron chi connectivity index (χ4n) is 1.98. The number of hydrogen-bond donors (Lipinski definition) is 1. The zero-order valence-corrected chi connectivity index (χ0v) is 8.76. The number of nitrogens with zero attached hydrogens (tertiary/aromatic N) is 2. The molecule has 0 aliphatic carbocycles. The highest BCUT2D eigenvalue weighted by molar-refractivity contribution is 4.96. The summed E-state index contributed by atoms with van der Waals surface area (Å²) < 4.78 is 0. The van der Waals surface area contributed by atoms with E-state index in [2.05, 4.69) is 39.6 Å². The molecule has 1 aliphatic heterocycles. The van der Waals surface area contributed by atoms with Gasteiger partial charge in [-0.25, -0.2) is 0 Å². The summed E-state index contributed by atoms with van der Waals surface area (Å²) in [6.07, 6.45) is 0. The van der Waals surface area contributed by atoms with E-state index in [0.29, 0.717) is 13.1 Å². The molecule has 0 radical (unpaired) electrons. The van der Waals surface area contributed by atoms with Crippen molar-refractivity contribution >= 4 is 0 Å². The molecular formula is C9H20N2O. The molecular weight excluding hydrogens is 152 g/mol. The SMILES string of the molecule is CN1C(C)(C)CN(O)CC1(C)C. The Morgan fingerprint density at radius 3 is 1.67 bits per heavy atom. The molecule has 0 unspecified atom stereocenters. The van der Waals surface area contributed by atoms with Gasteiger partial charge in [0, 0.05) is 24.2 Å². The maximum Gasteiger partial charge on any atom is 0.0418 e. The monoisotopic (exact) mass is 172 g/mol. The van der Waals surface area contributed by atoms with Crippen LogP contribution >= 0.6 is 0 Å². The van der Waals surface area contributed by atoms with Gasteiger partial charge in [-0.1, -0.05) is 0 Å². The van der Waals surface area contributed by atoms with Gasteiger partial charge in [0.05, 0.1) is 0 Å². The lowest BCUT2D eigenvalue weighted by atomic mass is 9.90. The van der Waals surface area contributed by atoms with Crippen LogP contribution in [0.4, 0.5) is 0 Å². The first kappa shape index (κ1) is 9.96. The van der Waals surface area contributed by atoms with Crippen LogP contribution in [0.15, 0.2) is 0 Å². The third-order valence-electron chi connectivity index (χ3n) is 2.95. The van der Waals surface area contributed by atoms with Crippen molar-refractivity contribution in [3.8, 4) is 0 Å². The molecule has 1 N–H and O–H groups in total. The molecule has 1 heterocycles. The van der Waals surface area contributed by atoms with Crippen LogP contribution in [-0.4, -0.2) is 46.4 Å². The van der Waals surface area contributed by atoms with Crippen LogP contribution < -0.4 is 0 Å². The van der Waals surface area contributed by atoms with Crippen LogP contribution in [-0.2, 0) is 0 Å². The normalized spacial score (nSPS) is 30.5.